The van der Waals surface area contributed by atoms with E-state index in [-0.39, 0.29) is 11.9 Å². The highest BCUT2D eigenvalue weighted by molar-refractivity contribution is 5.95. The Labute approximate surface area is 212 Å². The fraction of sp³-hybridized carbons (Fsp3) is 0.276. The third kappa shape index (κ3) is 5.16. The lowest BCUT2D eigenvalue weighted by atomic mass is 9.99. The monoisotopic (exact) mass is 480 g/mol. The molecule has 0 atom stereocenters. The van der Waals surface area contributed by atoms with Crippen molar-refractivity contribution >= 4 is 11.6 Å². The van der Waals surface area contributed by atoms with Crippen LogP contribution >= 0.6 is 0 Å². The molecule has 1 saturated heterocycles. The molecule has 0 radical (unpaired) electrons. The van der Waals surface area contributed by atoms with E-state index in [2.05, 4.69) is 61.6 Å². The van der Waals surface area contributed by atoms with E-state index in [1.165, 1.54) is 5.69 Å². The van der Waals surface area contributed by atoms with Crippen LogP contribution in [0.25, 0.3) is 33.6 Å². The first-order chi connectivity index (χ1) is 17.5. The normalized spacial score (nSPS) is 14.3. The molecule has 0 aliphatic carbocycles. The summed E-state index contributed by atoms with van der Waals surface area (Å²) in [7, 11) is 2.17. The fourth-order valence-electron chi connectivity index (χ4n) is 4.56. The lowest BCUT2D eigenvalue weighted by molar-refractivity contribution is 0.0943. The first-order valence-electron chi connectivity index (χ1n) is 12.4. The molecule has 0 saturated carbocycles. The Bertz CT molecular complexity index is 1340. The molecule has 36 heavy (non-hydrogen) atoms. The van der Waals surface area contributed by atoms with Crippen LogP contribution in [0.1, 0.15) is 24.2 Å². The van der Waals surface area contributed by atoms with E-state index in [1.54, 1.807) is 6.20 Å². The van der Waals surface area contributed by atoms with Gasteiger partial charge in [0.1, 0.15) is 0 Å². The summed E-state index contributed by atoms with van der Waals surface area (Å²) in [6, 6.07) is 20.4. The molecule has 1 fully saturated rings. The number of piperazine rings is 1. The summed E-state index contributed by atoms with van der Waals surface area (Å²) in [4.78, 5) is 21.7. The van der Waals surface area contributed by atoms with Crippen LogP contribution in [0.2, 0.25) is 0 Å². The van der Waals surface area contributed by atoms with Crippen LogP contribution in [0.4, 0.5) is 5.69 Å². The Morgan fingerprint density at radius 3 is 2.50 bits per heavy atom. The minimum absolute atomic E-state index is 0.0804. The van der Waals surface area contributed by atoms with Crippen molar-refractivity contribution in [3.05, 3.63) is 78.6 Å². The number of H-pyrrole nitrogens is 1. The van der Waals surface area contributed by atoms with E-state index in [4.69, 9.17) is 0 Å². The number of amides is 1. The predicted octanol–water partition coefficient (Wildman–Crippen LogP) is 4.70. The number of anilines is 1. The van der Waals surface area contributed by atoms with Gasteiger partial charge in [-0.05, 0) is 57.3 Å². The van der Waals surface area contributed by atoms with Crippen LogP contribution in [0.3, 0.4) is 0 Å². The minimum atomic E-state index is -0.0804. The third-order valence-electron chi connectivity index (χ3n) is 6.54. The zero-order valence-electron chi connectivity index (χ0n) is 21.0. The van der Waals surface area contributed by atoms with Crippen molar-refractivity contribution in [3.63, 3.8) is 0 Å². The summed E-state index contributed by atoms with van der Waals surface area (Å²) in [5.41, 5.74) is 7.79. The van der Waals surface area contributed by atoms with Gasteiger partial charge < -0.3 is 15.1 Å². The minimum Gasteiger partial charge on any atom is -0.368 e. The highest BCUT2D eigenvalue weighted by atomic mass is 16.1. The van der Waals surface area contributed by atoms with E-state index in [0.29, 0.717) is 5.56 Å². The van der Waals surface area contributed by atoms with E-state index < -0.39 is 0 Å². The zero-order valence-corrected chi connectivity index (χ0v) is 21.0. The van der Waals surface area contributed by atoms with Crippen LogP contribution in [0.5, 0.6) is 0 Å². The molecular formula is C29H32N6O. The number of hydrogen-bond donors (Lipinski definition) is 2. The number of aromatic amines is 1. The molecule has 0 spiro atoms. The van der Waals surface area contributed by atoms with E-state index in [9.17, 15) is 4.79 Å². The average Bonchev–Trinajstić information content (AvgIpc) is 3.40. The number of nitrogens with one attached hydrogen (secondary N) is 2. The standard InChI is InChI=1S/C29H32N6O/c1-20(2)31-29(36)23-7-4-6-21(16-23)26-18-27(33-32-26)22-9-10-28(35-14-12-34(3)13-15-35)25(17-22)24-8-5-11-30-19-24/h4-11,16-20H,12-15H2,1-3H3,(H,31,36)(H,32,33). The van der Waals surface area contributed by atoms with Crippen molar-refractivity contribution in [1.29, 1.82) is 0 Å². The molecule has 0 bridgehead atoms. The molecule has 2 aromatic carbocycles. The molecule has 7 heteroatoms. The molecule has 1 aliphatic rings. The van der Waals surface area contributed by atoms with Crippen molar-refractivity contribution in [2.45, 2.75) is 19.9 Å². The van der Waals surface area contributed by atoms with Crippen LogP contribution in [-0.4, -0.2) is 65.3 Å². The number of likely N-dealkylation sites (N-methyl/N-ethyl adjacent to an activating group) is 1. The molecule has 3 heterocycles. The number of benzene rings is 2. The maximum Gasteiger partial charge on any atom is 0.251 e. The van der Waals surface area contributed by atoms with Gasteiger partial charge in [-0.3, -0.25) is 14.9 Å². The van der Waals surface area contributed by atoms with Gasteiger partial charge in [0.25, 0.3) is 5.91 Å². The van der Waals surface area contributed by atoms with Gasteiger partial charge in [-0.25, -0.2) is 0 Å². The summed E-state index contributed by atoms with van der Waals surface area (Å²) in [5, 5.41) is 10.7. The number of rotatable bonds is 6. The van der Waals surface area contributed by atoms with Crippen molar-refractivity contribution < 1.29 is 4.79 Å². The molecule has 7 nitrogen and oxygen atoms in total. The van der Waals surface area contributed by atoms with Gasteiger partial charge in [-0.15, -0.1) is 0 Å². The lowest BCUT2D eigenvalue weighted by Crippen LogP contribution is -2.44. The second kappa shape index (κ2) is 10.3. The molecule has 1 amide bonds. The molecular weight excluding hydrogens is 448 g/mol. The summed E-state index contributed by atoms with van der Waals surface area (Å²) in [6.07, 6.45) is 3.73. The summed E-state index contributed by atoms with van der Waals surface area (Å²) >= 11 is 0. The molecule has 0 unspecified atom stereocenters. The smallest absolute Gasteiger partial charge is 0.251 e. The number of aromatic nitrogens is 3. The maximum atomic E-state index is 12.5. The van der Waals surface area contributed by atoms with Crippen molar-refractivity contribution in [1.82, 2.24) is 25.4 Å². The quantitative estimate of drug-likeness (QED) is 0.419. The van der Waals surface area contributed by atoms with Gasteiger partial charge in [-0.2, -0.15) is 5.10 Å². The number of carbonyl (C=O) groups is 1. The summed E-state index contributed by atoms with van der Waals surface area (Å²) in [5.74, 6) is -0.0804. The molecule has 4 aromatic rings. The maximum absolute atomic E-state index is 12.5. The second-order valence-corrected chi connectivity index (χ2v) is 9.64. The Kier molecular flexibility index (Phi) is 6.82. The van der Waals surface area contributed by atoms with E-state index in [0.717, 1.165) is 59.8 Å². The van der Waals surface area contributed by atoms with Crippen LogP contribution < -0.4 is 10.2 Å². The fourth-order valence-corrected chi connectivity index (χ4v) is 4.56. The van der Waals surface area contributed by atoms with E-state index >= 15 is 0 Å². The Balaban J connectivity index is 1.47. The predicted molar refractivity (Wildman–Crippen MR) is 145 cm³/mol. The van der Waals surface area contributed by atoms with Gasteiger partial charge in [0.05, 0.1) is 11.4 Å². The topological polar surface area (TPSA) is 77.2 Å². The number of hydrogen-bond acceptors (Lipinski definition) is 5. The number of pyridine rings is 1. The number of nitrogens with zero attached hydrogens (tertiary/aromatic N) is 4. The molecule has 5 rings (SSSR count). The average molecular weight is 481 g/mol. The van der Waals surface area contributed by atoms with Crippen LogP contribution in [0, 0.1) is 0 Å². The van der Waals surface area contributed by atoms with Crippen LogP contribution in [-0.2, 0) is 0 Å². The largest absolute Gasteiger partial charge is 0.368 e. The van der Waals surface area contributed by atoms with Crippen molar-refractivity contribution in [3.8, 4) is 33.6 Å². The zero-order chi connectivity index (χ0) is 25.1. The summed E-state index contributed by atoms with van der Waals surface area (Å²) < 4.78 is 0. The van der Waals surface area contributed by atoms with Gasteiger partial charge in [0, 0.05) is 78.1 Å². The van der Waals surface area contributed by atoms with Crippen LogP contribution in [0.15, 0.2) is 73.1 Å². The van der Waals surface area contributed by atoms with Crippen molar-refractivity contribution in [2.24, 2.45) is 0 Å². The Morgan fingerprint density at radius 1 is 0.944 bits per heavy atom. The Morgan fingerprint density at radius 2 is 1.75 bits per heavy atom. The van der Waals surface area contributed by atoms with Gasteiger partial charge in [-0.1, -0.05) is 24.3 Å². The number of carbonyl (C=O) groups excluding carboxylic acids is 1. The SMILES string of the molecule is CC(C)NC(=O)c1cccc(-c2cc(-c3ccc(N4CCN(C)CC4)c(-c4cccnc4)c3)[nH]n2)c1. The molecule has 184 valence electrons. The van der Waals surface area contributed by atoms with E-state index in [1.807, 2.05) is 56.4 Å². The van der Waals surface area contributed by atoms with Crippen molar-refractivity contribution in [2.75, 3.05) is 38.1 Å². The third-order valence-corrected chi connectivity index (χ3v) is 6.54. The Hall–Kier alpha value is -3.97. The lowest BCUT2D eigenvalue weighted by Gasteiger charge is -2.35. The molecule has 2 aromatic heterocycles. The molecule has 1 aliphatic heterocycles. The highest BCUT2D eigenvalue weighted by Gasteiger charge is 2.19. The second-order valence-electron chi connectivity index (χ2n) is 9.64. The van der Waals surface area contributed by atoms with Gasteiger partial charge in [0.2, 0.25) is 0 Å². The molecule has 2 N–H and O–H groups in total. The van der Waals surface area contributed by atoms with Gasteiger partial charge in [0.15, 0.2) is 0 Å². The van der Waals surface area contributed by atoms with Gasteiger partial charge >= 0.3 is 0 Å². The summed E-state index contributed by atoms with van der Waals surface area (Å²) in [6.45, 7) is 8.00. The first kappa shape index (κ1) is 23.8. The highest BCUT2D eigenvalue weighted by Crippen LogP contribution is 2.35. The first-order valence-corrected chi connectivity index (χ1v) is 12.4.